The lowest BCUT2D eigenvalue weighted by Gasteiger charge is -2.14. The predicted molar refractivity (Wildman–Crippen MR) is 79.1 cm³/mol. The number of hydrogen-bond acceptors (Lipinski definition) is 4. The Kier molecular flexibility index (Phi) is 7.49. The summed E-state index contributed by atoms with van der Waals surface area (Å²) < 4.78 is 6.23. The van der Waals surface area contributed by atoms with Crippen LogP contribution in [0.1, 0.15) is 25.3 Å². The molecule has 0 spiro atoms. The van der Waals surface area contributed by atoms with Gasteiger partial charge in [0.2, 0.25) is 0 Å². The SMILES string of the molecule is CCCCOCC(O)CNc1cc(Br)ccc1C#N. The van der Waals surface area contributed by atoms with Crippen molar-refractivity contribution in [3.8, 4) is 6.07 Å². The first-order chi connectivity index (χ1) is 9.17. The van der Waals surface area contributed by atoms with Crippen LogP contribution < -0.4 is 5.32 Å². The van der Waals surface area contributed by atoms with Crippen LogP contribution in [-0.4, -0.2) is 31.0 Å². The maximum Gasteiger partial charge on any atom is 0.101 e. The Morgan fingerprint density at radius 1 is 1.53 bits per heavy atom. The molecule has 0 saturated heterocycles. The van der Waals surface area contributed by atoms with E-state index in [-0.39, 0.29) is 0 Å². The van der Waals surface area contributed by atoms with Crippen LogP contribution >= 0.6 is 15.9 Å². The number of ether oxygens (including phenoxy) is 1. The molecule has 0 aliphatic carbocycles. The highest BCUT2D eigenvalue weighted by molar-refractivity contribution is 9.10. The summed E-state index contributed by atoms with van der Waals surface area (Å²) in [6, 6.07) is 7.48. The summed E-state index contributed by atoms with van der Waals surface area (Å²) in [4.78, 5) is 0. The lowest BCUT2D eigenvalue weighted by molar-refractivity contribution is 0.0422. The molecule has 0 saturated carbocycles. The molecule has 0 amide bonds. The number of nitriles is 1. The van der Waals surface area contributed by atoms with Crippen LogP contribution in [0.25, 0.3) is 0 Å². The molecule has 1 aromatic rings. The van der Waals surface area contributed by atoms with Gasteiger partial charge in [0.25, 0.3) is 0 Å². The molecule has 0 heterocycles. The quantitative estimate of drug-likeness (QED) is 0.721. The molecule has 0 aromatic heterocycles. The van der Waals surface area contributed by atoms with Crippen LogP contribution in [0.5, 0.6) is 0 Å². The van der Waals surface area contributed by atoms with E-state index in [1.165, 1.54) is 0 Å². The molecule has 2 N–H and O–H groups in total. The highest BCUT2D eigenvalue weighted by atomic mass is 79.9. The second-order valence-electron chi connectivity index (χ2n) is 4.26. The van der Waals surface area contributed by atoms with Crippen molar-refractivity contribution in [2.45, 2.75) is 25.9 Å². The zero-order valence-electron chi connectivity index (χ0n) is 11.0. The Balaban J connectivity index is 2.39. The Bertz CT molecular complexity index is 432. The third-order valence-corrected chi connectivity index (χ3v) is 3.08. The monoisotopic (exact) mass is 326 g/mol. The average molecular weight is 327 g/mol. The molecule has 1 rings (SSSR count). The summed E-state index contributed by atoms with van der Waals surface area (Å²) in [6.45, 7) is 3.44. The van der Waals surface area contributed by atoms with Crippen molar-refractivity contribution in [2.75, 3.05) is 25.1 Å². The average Bonchev–Trinajstić information content (AvgIpc) is 2.41. The van der Waals surface area contributed by atoms with Crippen molar-refractivity contribution in [3.05, 3.63) is 28.2 Å². The normalized spacial score (nSPS) is 11.9. The van der Waals surface area contributed by atoms with Crippen molar-refractivity contribution in [2.24, 2.45) is 0 Å². The minimum Gasteiger partial charge on any atom is -0.389 e. The summed E-state index contributed by atoms with van der Waals surface area (Å²) in [5, 5.41) is 21.8. The van der Waals surface area contributed by atoms with Gasteiger partial charge in [0.05, 0.1) is 24.0 Å². The van der Waals surface area contributed by atoms with E-state index in [1.54, 1.807) is 6.07 Å². The molecule has 0 bridgehead atoms. The van der Waals surface area contributed by atoms with Gasteiger partial charge in [-0.2, -0.15) is 5.26 Å². The molecule has 0 radical (unpaired) electrons. The van der Waals surface area contributed by atoms with Gasteiger partial charge < -0.3 is 15.2 Å². The fourth-order valence-electron chi connectivity index (χ4n) is 1.51. The minimum atomic E-state index is -0.581. The molecule has 0 aliphatic rings. The third kappa shape index (κ3) is 6.06. The van der Waals surface area contributed by atoms with Crippen LogP contribution in [0.2, 0.25) is 0 Å². The van der Waals surface area contributed by atoms with E-state index < -0.39 is 6.10 Å². The zero-order chi connectivity index (χ0) is 14.1. The van der Waals surface area contributed by atoms with E-state index in [2.05, 4.69) is 34.2 Å². The van der Waals surface area contributed by atoms with Crippen molar-refractivity contribution in [1.82, 2.24) is 0 Å². The van der Waals surface area contributed by atoms with Gasteiger partial charge in [-0.1, -0.05) is 29.3 Å². The summed E-state index contributed by atoms with van der Waals surface area (Å²) in [5.74, 6) is 0. The van der Waals surface area contributed by atoms with Gasteiger partial charge in [-0.05, 0) is 24.6 Å². The molecule has 104 valence electrons. The molecule has 5 heteroatoms. The lowest BCUT2D eigenvalue weighted by Crippen LogP contribution is -2.25. The highest BCUT2D eigenvalue weighted by Gasteiger charge is 2.07. The van der Waals surface area contributed by atoms with Crippen LogP contribution in [-0.2, 0) is 4.74 Å². The molecule has 19 heavy (non-hydrogen) atoms. The smallest absolute Gasteiger partial charge is 0.101 e. The maximum absolute atomic E-state index is 9.76. The number of benzene rings is 1. The molecule has 4 nitrogen and oxygen atoms in total. The van der Waals surface area contributed by atoms with Crippen LogP contribution in [0.15, 0.2) is 22.7 Å². The minimum absolute atomic E-state index is 0.308. The van der Waals surface area contributed by atoms with Gasteiger partial charge in [-0.15, -0.1) is 0 Å². The first-order valence-corrected chi connectivity index (χ1v) is 7.16. The predicted octanol–water partition coefficient (Wildman–Crippen LogP) is 2.91. The van der Waals surface area contributed by atoms with Gasteiger partial charge in [0, 0.05) is 17.6 Å². The first kappa shape index (κ1) is 16.0. The van der Waals surface area contributed by atoms with Crippen LogP contribution in [0.3, 0.4) is 0 Å². The van der Waals surface area contributed by atoms with E-state index in [0.717, 1.165) is 17.3 Å². The second-order valence-corrected chi connectivity index (χ2v) is 5.18. The topological polar surface area (TPSA) is 65.3 Å². The largest absolute Gasteiger partial charge is 0.389 e. The number of rotatable bonds is 8. The number of halogens is 1. The molecule has 0 aliphatic heterocycles. The summed E-state index contributed by atoms with van der Waals surface area (Å²) in [6.07, 6.45) is 1.50. The van der Waals surface area contributed by atoms with Crippen molar-refractivity contribution in [1.29, 1.82) is 5.26 Å². The van der Waals surface area contributed by atoms with Gasteiger partial charge in [-0.3, -0.25) is 0 Å². The van der Waals surface area contributed by atoms with Gasteiger partial charge in [0.1, 0.15) is 6.07 Å². The standard InChI is InChI=1S/C14H19BrN2O2/c1-2-3-6-19-10-13(18)9-17-14-7-12(15)5-4-11(14)8-16/h4-5,7,13,17-18H,2-3,6,9-10H2,1H3. The number of hydrogen-bond donors (Lipinski definition) is 2. The maximum atomic E-state index is 9.76. The van der Waals surface area contributed by atoms with E-state index in [4.69, 9.17) is 10.00 Å². The van der Waals surface area contributed by atoms with Crippen molar-refractivity contribution in [3.63, 3.8) is 0 Å². The van der Waals surface area contributed by atoms with Crippen molar-refractivity contribution >= 4 is 21.6 Å². The molecular formula is C14H19BrN2O2. The van der Waals surface area contributed by atoms with Gasteiger partial charge in [-0.25, -0.2) is 0 Å². The summed E-state index contributed by atoms with van der Waals surface area (Å²) in [7, 11) is 0. The van der Waals surface area contributed by atoms with E-state index in [1.807, 2.05) is 12.1 Å². The van der Waals surface area contributed by atoms with Crippen LogP contribution in [0, 0.1) is 11.3 Å². The first-order valence-electron chi connectivity index (χ1n) is 6.36. The number of anilines is 1. The number of aliphatic hydroxyl groups is 1. The number of aliphatic hydroxyl groups excluding tert-OH is 1. The second kappa shape index (κ2) is 8.92. The highest BCUT2D eigenvalue weighted by Crippen LogP contribution is 2.20. The molecule has 1 aromatic carbocycles. The summed E-state index contributed by atoms with van der Waals surface area (Å²) >= 11 is 3.36. The lowest BCUT2D eigenvalue weighted by atomic mass is 10.2. The number of unbranched alkanes of at least 4 members (excludes halogenated alkanes) is 1. The number of nitrogens with zero attached hydrogens (tertiary/aromatic N) is 1. The number of nitrogens with one attached hydrogen (secondary N) is 1. The van der Waals surface area contributed by atoms with Crippen molar-refractivity contribution < 1.29 is 9.84 Å². The summed E-state index contributed by atoms with van der Waals surface area (Å²) in [5.41, 5.74) is 1.27. The molecule has 0 fully saturated rings. The van der Waals surface area contributed by atoms with Crippen LogP contribution in [0.4, 0.5) is 5.69 Å². The Labute approximate surface area is 122 Å². The fraction of sp³-hybridized carbons (Fsp3) is 0.500. The molecular weight excluding hydrogens is 308 g/mol. The van der Waals surface area contributed by atoms with E-state index >= 15 is 0 Å². The Hall–Kier alpha value is -1.09. The molecule has 1 atom stereocenters. The third-order valence-electron chi connectivity index (χ3n) is 2.58. The van der Waals surface area contributed by atoms with E-state index in [9.17, 15) is 5.11 Å². The zero-order valence-corrected chi connectivity index (χ0v) is 12.6. The Morgan fingerprint density at radius 3 is 3.00 bits per heavy atom. The van der Waals surface area contributed by atoms with Gasteiger partial charge in [0.15, 0.2) is 0 Å². The van der Waals surface area contributed by atoms with Gasteiger partial charge >= 0.3 is 0 Å². The van der Waals surface area contributed by atoms with E-state index in [0.29, 0.717) is 31.0 Å². The fourth-order valence-corrected chi connectivity index (χ4v) is 1.87. The molecule has 1 unspecified atom stereocenters. The Morgan fingerprint density at radius 2 is 2.32 bits per heavy atom.